The second kappa shape index (κ2) is 8.30. The lowest BCUT2D eigenvalue weighted by Gasteiger charge is -2.15. The molecule has 4 aromatic rings. The zero-order valence-corrected chi connectivity index (χ0v) is 18.4. The van der Waals surface area contributed by atoms with E-state index in [2.05, 4.69) is 20.0 Å². The zero-order valence-electron chi connectivity index (χ0n) is 16.0. The first-order chi connectivity index (χ1) is 14.7. The highest BCUT2D eigenvalue weighted by Gasteiger charge is 2.22. The number of nitrogens with one attached hydrogen (secondary N) is 2. The molecule has 10 heteroatoms. The van der Waals surface area contributed by atoms with Crippen molar-refractivity contribution >= 4 is 61.6 Å². The summed E-state index contributed by atoms with van der Waals surface area (Å²) in [6.45, 7) is 1.64. The van der Waals surface area contributed by atoms with Gasteiger partial charge in [0.05, 0.1) is 16.1 Å². The van der Waals surface area contributed by atoms with Gasteiger partial charge in [-0.3, -0.25) is 4.72 Å². The number of benzene rings is 3. The zero-order chi connectivity index (χ0) is 22.2. The summed E-state index contributed by atoms with van der Waals surface area (Å²) >= 11 is 12.0. The van der Waals surface area contributed by atoms with E-state index in [0.717, 1.165) is 0 Å². The topological polar surface area (TPSA) is 84.0 Å². The van der Waals surface area contributed by atoms with Gasteiger partial charge in [0.25, 0.3) is 10.0 Å². The molecule has 2 N–H and O–H groups in total. The third-order valence-electron chi connectivity index (χ3n) is 4.42. The molecule has 0 saturated heterocycles. The fraction of sp³-hybridized carbons (Fsp3) is 0.0476. The summed E-state index contributed by atoms with van der Waals surface area (Å²) in [6.07, 6.45) is 0. The van der Waals surface area contributed by atoms with E-state index in [1.165, 1.54) is 24.3 Å². The third-order valence-corrected chi connectivity index (χ3v) is 6.47. The number of hydrogen-bond donors (Lipinski definition) is 2. The normalized spacial score (nSPS) is 11.5. The van der Waals surface area contributed by atoms with Gasteiger partial charge in [0.1, 0.15) is 10.7 Å². The van der Waals surface area contributed by atoms with E-state index in [4.69, 9.17) is 23.2 Å². The Hall–Kier alpha value is -2.94. The van der Waals surface area contributed by atoms with Gasteiger partial charge < -0.3 is 5.32 Å². The van der Waals surface area contributed by atoms with Crippen molar-refractivity contribution in [3.05, 3.63) is 82.1 Å². The molecular weight excluding hydrogens is 462 g/mol. The Morgan fingerprint density at radius 3 is 2.26 bits per heavy atom. The molecule has 0 aliphatic carbocycles. The van der Waals surface area contributed by atoms with E-state index in [1.807, 2.05) is 0 Å². The minimum atomic E-state index is -4.15. The average molecular weight is 477 g/mol. The van der Waals surface area contributed by atoms with Crippen molar-refractivity contribution in [2.75, 3.05) is 10.0 Å². The summed E-state index contributed by atoms with van der Waals surface area (Å²) < 4.78 is 42.4. The van der Waals surface area contributed by atoms with Crippen molar-refractivity contribution in [1.82, 2.24) is 9.97 Å². The molecule has 4 rings (SSSR count). The number of halogens is 3. The summed E-state index contributed by atoms with van der Waals surface area (Å²) in [5.41, 5.74) is 1.86. The maximum absolute atomic E-state index is 14.0. The average Bonchev–Trinajstić information content (AvgIpc) is 2.72. The first-order valence-electron chi connectivity index (χ1n) is 9.01. The van der Waals surface area contributed by atoms with Gasteiger partial charge in [-0.25, -0.2) is 22.8 Å². The molecule has 6 nitrogen and oxygen atoms in total. The highest BCUT2D eigenvalue weighted by Crippen LogP contribution is 2.30. The molecule has 0 amide bonds. The molecule has 0 fully saturated rings. The second-order valence-electron chi connectivity index (χ2n) is 6.68. The summed E-state index contributed by atoms with van der Waals surface area (Å²) in [6, 6.07) is 15.6. The summed E-state index contributed by atoms with van der Waals surface area (Å²) in [7, 11) is -4.15. The highest BCUT2D eigenvalue weighted by atomic mass is 35.5. The lowest BCUT2D eigenvalue weighted by Crippen LogP contribution is -2.16. The van der Waals surface area contributed by atoms with Crippen molar-refractivity contribution in [3.63, 3.8) is 0 Å². The van der Waals surface area contributed by atoms with E-state index < -0.39 is 15.8 Å². The third kappa shape index (κ3) is 4.56. The molecule has 0 spiro atoms. The molecule has 0 unspecified atom stereocenters. The SMILES string of the molecule is Cc1ccc(Nc2nc3ccccc3nc2NS(=O)(=O)c2cc(Cl)ccc2Cl)cc1F. The number of sulfonamides is 1. The van der Waals surface area contributed by atoms with Gasteiger partial charge in [0.15, 0.2) is 11.6 Å². The van der Waals surface area contributed by atoms with Crippen LogP contribution in [0.3, 0.4) is 0 Å². The smallest absolute Gasteiger partial charge is 0.264 e. The number of hydrogen-bond acceptors (Lipinski definition) is 5. The molecule has 3 aromatic carbocycles. The Morgan fingerprint density at radius 2 is 1.58 bits per heavy atom. The molecule has 0 aliphatic heterocycles. The van der Waals surface area contributed by atoms with Gasteiger partial charge in [0, 0.05) is 10.7 Å². The fourth-order valence-electron chi connectivity index (χ4n) is 2.83. The van der Waals surface area contributed by atoms with Crippen LogP contribution in [0.1, 0.15) is 5.56 Å². The van der Waals surface area contributed by atoms with Gasteiger partial charge in [-0.2, -0.15) is 0 Å². The number of para-hydroxylation sites is 2. The van der Waals surface area contributed by atoms with E-state index in [0.29, 0.717) is 22.3 Å². The van der Waals surface area contributed by atoms with E-state index >= 15 is 0 Å². The van der Waals surface area contributed by atoms with Crippen LogP contribution >= 0.6 is 23.2 Å². The molecule has 0 atom stereocenters. The summed E-state index contributed by atoms with van der Waals surface area (Å²) in [5, 5.41) is 3.14. The Balaban J connectivity index is 1.81. The van der Waals surface area contributed by atoms with Crippen LogP contribution < -0.4 is 10.0 Å². The lowest BCUT2D eigenvalue weighted by molar-refractivity contribution is 0.601. The van der Waals surface area contributed by atoms with Gasteiger partial charge >= 0.3 is 0 Å². The van der Waals surface area contributed by atoms with Crippen molar-refractivity contribution in [2.45, 2.75) is 11.8 Å². The Labute approximate surface area is 188 Å². The highest BCUT2D eigenvalue weighted by molar-refractivity contribution is 7.92. The molecule has 31 heavy (non-hydrogen) atoms. The van der Waals surface area contributed by atoms with Crippen LogP contribution in [0.5, 0.6) is 0 Å². The predicted octanol–water partition coefficient (Wildman–Crippen LogP) is 5.93. The molecule has 0 bridgehead atoms. The van der Waals surface area contributed by atoms with Crippen LogP contribution in [0, 0.1) is 12.7 Å². The van der Waals surface area contributed by atoms with Gasteiger partial charge in [-0.05, 0) is 55.0 Å². The standard InChI is InChI=1S/C21H15Cl2FN4O2S/c1-12-6-8-14(11-16(12)24)25-20-21(27-18-5-3-2-4-17(18)26-20)28-31(29,30)19-10-13(22)7-9-15(19)23/h2-11H,1H3,(H,25,26)(H,27,28). The Bertz CT molecular complexity index is 1410. The Morgan fingerprint density at radius 1 is 0.903 bits per heavy atom. The monoisotopic (exact) mass is 476 g/mol. The van der Waals surface area contributed by atoms with Crippen molar-refractivity contribution in [2.24, 2.45) is 0 Å². The van der Waals surface area contributed by atoms with Crippen molar-refractivity contribution in [1.29, 1.82) is 0 Å². The van der Waals surface area contributed by atoms with Crippen LogP contribution in [-0.2, 0) is 10.0 Å². The minimum absolute atomic E-state index is 0.000707. The van der Waals surface area contributed by atoms with Gasteiger partial charge in [-0.1, -0.05) is 41.4 Å². The first-order valence-corrected chi connectivity index (χ1v) is 11.2. The maximum Gasteiger partial charge on any atom is 0.264 e. The number of aromatic nitrogens is 2. The quantitative estimate of drug-likeness (QED) is 0.372. The second-order valence-corrected chi connectivity index (χ2v) is 9.17. The number of nitrogens with zero attached hydrogens (tertiary/aromatic N) is 2. The van der Waals surface area contributed by atoms with Crippen LogP contribution in [-0.4, -0.2) is 18.4 Å². The maximum atomic E-state index is 14.0. The minimum Gasteiger partial charge on any atom is -0.337 e. The van der Waals surface area contributed by atoms with Crippen LogP contribution in [0.2, 0.25) is 10.0 Å². The molecule has 0 radical (unpaired) electrons. The summed E-state index contributed by atoms with van der Waals surface area (Å²) in [5.74, 6) is -0.383. The van der Waals surface area contributed by atoms with E-state index in [9.17, 15) is 12.8 Å². The molecule has 0 saturated carbocycles. The molecule has 158 valence electrons. The lowest BCUT2D eigenvalue weighted by atomic mass is 10.2. The summed E-state index contributed by atoms with van der Waals surface area (Å²) in [4.78, 5) is 8.64. The largest absolute Gasteiger partial charge is 0.337 e. The van der Waals surface area contributed by atoms with Crippen LogP contribution in [0.15, 0.2) is 65.6 Å². The fourth-order valence-corrected chi connectivity index (χ4v) is 4.60. The predicted molar refractivity (Wildman–Crippen MR) is 121 cm³/mol. The molecule has 1 heterocycles. The number of rotatable bonds is 5. The Kier molecular flexibility index (Phi) is 5.70. The van der Waals surface area contributed by atoms with E-state index in [-0.39, 0.29) is 26.6 Å². The number of aryl methyl sites for hydroxylation is 1. The van der Waals surface area contributed by atoms with Crippen molar-refractivity contribution < 1.29 is 12.8 Å². The number of anilines is 3. The number of fused-ring (bicyclic) bond motifs is 1. The van der Waals surface area contributed by atoms with Gasteiger partial charge in [0.2, 0.25) is 0 Å². The first kappa shape index (κ1) is 21.3. The van der Waals surface area contributed by atoms with Crippen molar-refractivity contribution in [3.8, 4) is 0 Å². The molecular formula is C21H15Cl2FN4O2S. The molecule has 1 aromatic heterocycles. The van der Waals surface area contributed by atoms with Crippen LogP contribution in [0.25, 0.3) is 11.0 Å². The molecule has 0 aliphatic rings. The van der Waals surface area contributed by atoms with Crippen LogP contribution in [0.4, 0.5) is 21.7 Å². The van der Waals surface area contributed by atoms with E-state index in [1.54, 1.807) is 43.3 Å². The van der Waals surface area contributed by atoms with Gasteiger partial charge in [-0.15, -0.1) is 0 Å².